The number of thiazole rings is 1. The zero-order chi connectivity index (χ0) is 19.1. The number of rotatable bonds is 8. The average Bonchev–Trinajstić information content (AvgIpc) is 3.17. The summed E-state index contributed by atoms with van der Waals surface area (Å²) in [5, 5.41) is 3.70. The molecule has 0 unspecified atom stereocenters. The highest BCUT2D eigenvalue weighted by molar-refractivity contribution is 7.17. The normalized spacial score (nSPS) is 10.8. The molecule has 3 rings (SSSR count). The van der Waals surface area contributed by atoms with E-state index in [0.717, 1.165) is 29.3 Å². The summed E-state index contributed by atoms with van der Waals surface area (Å²) in [7, 11) is 4.07. The van der Waals surface area contributed by atoms with Crippen LogP contribution in [0.25, 0.3) is 10.6 Å². The summed E-state index contributed by atoms with van der Waals surface area (Å²) in [5.74, 6) is 0.561. The molecule has 0 fully saturated rings. The standard InChI is InChI=1S/C20H22N4O2S/c1-24(2)11-4-12-26-17-6-3-5-16(13-17)23-19(25)18-14-22-20(27-18)15-7-9-21-10-8-15/h3,5-10,13-14H,4,11-12H2,1-2H3,(H,23,25). The topological polar surface area (TPSA) is 67.3 Å². The molecule has 0 aliphatic rings. The quantitative estimate of drug-likeness (QED) is 0.601. The predicted octanol–water partition coefficient (Wildman–Crippen LogP) is 3.79. The van der Waals surface area contributed by atoms with Crippen LogP contribution in [0.3, 0.4) is 0 Å². The minimum Gasteiger partial charge on any atom is -0.493 e. The van der Waals surface area contributed by atoms with Crippen LogP contribution in [0.2, 0.25) is 0 Å². The summed E-state index contributed by atoms with van der Waals surface area (Å²) in [6.07, 6.45) is 5.96. The molecule has 1 N–H and O–H groups in total. The Morgan fingerprint density at radius 1 is 1.22 bits per heavy atom. The molecule has 0 saturated heterocycles. The van der Waals surface area contributed by atoms with Gasteiger partial charge in [0.05, 0.1) is 12.8 Å². The number of nitrogens with one attached hydrogen (secondary N) is 1. The summed E-state index contributed by atoms with van der Waals surface area (Å²) in [6.45, 7) is 1.61. The highest BCUT2D eigenvalue weighted by Crippen LogP contribution is 2.25. The molecule has 3 aromatic rings. The minimum atomic E-state index is -0.183. The molecule has 0 radical (unpaired) electrons. The van der Waals surface area contributed by atoms with Crippen LogP contribution in [-0.2, 0) is 0 Å². The number of ether oxygens (including phenoxy) is 1. The van der Waals surface area contributed by atoms with E-state index in [9.17, 15) is 4.79 Å². The molecule has 0 aliphatic carbocycles. The smallest absolute Gasteiger partial charge is 0.267 e. The van der Waals surface area contributed by atoms with Gasteiger partial charge in [0.2, 0.25) is 0 Å². The first-order valence-electron chi connectivity index (χ1n) is 8.67. The Bertz CT molecular complexity index is 880. The molecule has 1 aromatic carbocycles. The van der Waals surface area contributed by atoms with Crippen molar-refractivity contribution < 1.29 is 9.53 Å². The first kappa shape index (κ1) is 19.0. The largest absolute Gasteiger partial charge is 0.493 e. The van der Waals surface area contributed by atoms with Gasteiger partial charge in [-0.2, -0.15) is 0 Å². The maximum atomic E-state index is 12.5. The van der Waals surface area contributed by atoms with Gasteiger partial charge in [-0.1, -0.05) is 6.07 Å². The number of aromatic nitrogens is 2. The fourth-order valence-electron chi connectivity index (χ4n) is 2.43. The monoisotopic (exact) mass is 382 g/mol. The van der Waals surface area contributed by atoms with Crippen LogP contribution in [0.4, 0.5) is 5.69 Å². The summed E-state index contributed by atoms with van der Waals surface area (Å²) in [5.41, 5.74) is 1.64. The lowest BCUT2D eigenvalue weighted by molar-refractivity contribution is 0.103. The second-order valence-electron chi connectivity index (χ2n) is 6.25. The number of benzene rings is 1. The molecular formula is C20H22N4O2S. The Hall–Kier alpha value is -2.77. The van der Waals surface area contributed by atoms with Gasteiger partial charge in [0.25, 0.3) is 5.91 Å². The van der Waals surface area contributed by atoms with Crippen molar-refractivity contribution in [2.45, 2.75) is 6.42 Å². The number of hydrogen-bond acceptors (Lipinski definition) is 6. The molecule has 27 heavy (non-hydrogen) atoms. The van der Waals surface area contributed by atoms with Crippen molar-refractivity contribution in [2.24, 2.45) is 0 Å². The Morgan fingerprint density at radius 2 is 2.04 bits per heavy atom. The van der Waals surface area contributed by atoms with E-state index in [1.54, 1.807) is 18.6 Å². The molecule has 2 aromatic heterocycles. The number of nitrogens with zero attached hydrogens (tertiary/aromatic N) is 3. The molecule has 0 atom stereocenters. The maximum absolute atomic E-state index is 12.5. The van der Waals surface area contributed by atoms with Gasteiger partial charge >= 0.3 is 0 Å². The van der Waals surface area contributed by atoms with E-state index in [1.165, 1.54) is 11.3 Å². The fraction of sp³-hybridized carbons (Fsp3) is 0.250. The first-order valence-corrected chi connectivity index (χ1v) is 9.48. The van der Waals surface area contributed by atoms with Gasteiger partial charge in [0, 0.05) is 36.3 Å². The lowest BCUT2D eigenvalue weighted by atomic mass is 10.3. The maximum Gasteiger partial charge on any atom is 0.267 e. The van der Waals surface area contributed by atoms with Crippen LogP contribution >= 0.6 is 11.3 Å². The van der Waals surface area contributed by atoms with E-state index in [4.69, 9.17) is 4.74 Å². The average molecular weight is 382 g/mol. The Kier molecular flexibility index (Phi) is 6.51. The number of carbonyl (C=O) groups excluding carboxylic acids is 1. The van der Waals surface area contributed by atoms with Crippen molar-refractivity contribution in [3.63, 3.8) is 0 Å². The molecule has 0 saturated carbocycles. The molecular weight excluding hydrogens is 360 g/mol. The number of amides is 1. The number of carbonyl (C=O) groups is 1. The second-order valence-corrected chi connectivity index (χ2v) is 7.28. The van der Waals surface area contributed by atoms with E-state index in [2.05, 4.69) is 20.2 Å². The van der Waals surface area contributed by atoms with Crippen LogP contribution in [0.15, 0.2) is 55.0 Å². The molecule has 0 spiro atoms. The summed E-state index contributed by atoms with van der Waals surface area (Å²) >= 11 is 1.35. The summed E-state index contributed by atoms with van der Waals surface area (Å²) in [4.78, 5) is 23.5. The van der Waals surface area contributed by atoms with Gasteiger partial charge in [0.1, 0.15) is 15.6 Å². The third-order valence-corrected chi connectivity index (χ3v) is 4.81. The van der Waals surface area contributed by atoms with E-state index < -0.39 is 0 Å². The molecule has 2 heterocycles. The van der Waals surface area contributed by atoms with Crippen LogP contribution in [-0.4, -0.2) is 48.0 Å². The number of hydrogen-bond donors (Lipinski definition) is 1. The number of anilines is 1. The van der Waals surface area contributed by atoms with Gasteiger partial charge in [-0.25, -0.2) is 4.98 Å². The SMILES string of the molecule is CN(C)CCCOc1cccc(NC(=O)c2cnc(-c3ccncc3)s2)c1. The van der Waals surface area contributed by atoms with Gasteiger partial charge in [-0.15, -0.1) is 11.3 Å². The minimum absolute atomic E-state index is 0.183. The third-order valence-electron chi connectivity index (χ3n) is 3.77. The third kappa shape index (κ3) is 5.60. The molecule has 7 heteroatoms. The summed E-state index contributed by atoms with van der Waals surface area (Å²) < 4.78 is 5.75. The molecule has 140 valence electrons. The Labute approximate surface area is 162 Å². The van der Waals surface area contributed by atoms with Gasteiger partial charge in [-0.3, -0.25) is 9.78 Å². The lowest BCUT2D eigenvalue weighted by Gasteiger charge is -2.11. The van der Waals surface area contributed by atoms with Gasteiger partial charge in [0.15, 0.2) is 0 Å². The van der Waals surface area contributed by atoms with Crippen molar-refractivity contribution in [1.29, 1.82) is 0 Å². The molecule has 0 aliphatic heterocycles. The van der Waals surface area contributed by atoms with Gasteiger partial charge in [-0.05, 0) is 44.8 Å². The highest BCUT2D eigenvalue weighted by Gasteiger charge is 2.12. The van der Waals surface area contributed by atoms with E-state index in [0.29, 0.717) is 17.2 Å². The molecule has 1 amide bonds. The van der Waals surface area contributed by atoms with Crippen molar-refractivity contribution in [2.75, 3.05) is 32.6 Å². The predicted molar refractivity (Wildman–Crippen MR) is 108 cm³/mol. The Balaban J connectivity index is 1.59. The lowest BCUT2D eigenvalue weighted by Crippen LogP contribution is -2.15. The summed E-state index contributed by atoms with van der Waals surface area (Å²) in [6, 6.07) is 11.2. The fourth-order valence-corrected chi connectivity index (χ4v) is 3.25. The van der Waals surface area contributed by atoms with Crippen LogP contribution in [0.5, 0.6) is 5.75 Å². The van der Waals surface area contributed by atoms with Crippen molar-refractivity contribution in [3.05, 3.63) is 59.9 Å². The molecule has 6 nitrogen and oxygen atoms in total. The van der Waals surface area contributed by atoms with Crippen LogP contribution in [0.1, 0.15) is 16.1 Å². The van der Waals surface area contributed by atoms with E-state index in [-0.39, 0.29) is 5.91 Å². The molecule has 0 bridgehead atoms. The van der Waals surface area contributed by atoms with Crippen LogP contribution in [0, 0.1) is 0 Å². The van der Waals surface area contributed by atoms with E-state index in [1.807, 2.05) is 50.5 Å². The zero-order valence-electron chi connectivity index (χ0n) is 15.4. The number of pyridine rings is 1. The van der Waals surface area contributed by atoms with E-state index >= 15 is 0 Å². The van der Waals surface area contributed by atoms with Crippen molar-refractivity contribution >= 4 is 22.9 Å². The van der Waals surface area contributed by atoms with Crippen LogP contribution < -0.4 is 10.1 Å². The Morgan fingerprint density at radius 3 is 2.81 bits per heavy atom. The van der Waals surface area contributed by atoms with Crippen molar-refractivity contribution in [3.8, 4) is 16.3 Å². The van der Waals surface area contributed by atoms with Crippen molar-refractivity contribution in [1.82, 2.24) is 14.9 Å². The van der Waals surface area contributed by atoms with Gasteiger partial charge < -0.3 is 15.0 Å². The first-order chi connectivity index (χ1) is 13.1. The second kappa shape index (κ2) is 9.25. The highest BCUT2D eigenvalue weighted by atomic mass is 32.1. The zero-order valence-corrected chi connectivity index (χ0v) is 16.2.